The van der Waals surface area contributed by atoms with E-state index in [-0.39, 0.29) is 19.1 Å². The highest BCUT2D eigenvalue weighted by Gasteiger charge is 2.15. The largest absolute Gasteiger partial charge is 0.486 e. The van der Waals surface area contributed by atoms with E-state index in [0.717, 1.165) is 33.6 Å². The Morgan fingerprint density at radius 3 is 2.27 bits per heavy atom. The number of imidazole rings is 1. The molecule has 1 amide bonds. The highest BCUT2D eigenvalue weighted by Crippen LogP contribution is 2.27. The lowest BCUT2D eigenvalue weighted by molar-refractivity contribution is -0.116. The monoisotopic (exact) mass is 433 g/mol. The molecule has 5 heteroatoms. The number of carbonyl (C=O) groups excluding carboxylic acids is 1. The molecule has 0 fully saturated rings. The first-order chi connectivity index (χ1) is 16.3. The van der Waals surface area contributed by atoms with Crippen LogP contribution in [0.3, 0.4) is 0 Å². The van der Waals surface area contributed by atoms with Crippen molar-refractivity contribution in [2.45, 2.75) is 13.2 Å². The predicted octanol–water partition coefficient (Wildman–Crippen LogP) is 5.92. The number of carbonyl (C=O) groups is 1. The van der Waals surface area contributed by atoms with E-state index in [0.29, 0.717) is 5.82 Å². The van der Waals surface area contributed by atoms with Crippen LogP contribution < -0.4 is 10.1 Å². The molecule has 0 aliphatic rings. The minimum absolute atomic E-state index is 0.123. The fraction of sp³-hybridized carbons (Fsp3) is 0.0714. The van der Waals surface area contributed by atoms with Gasteiger partial charge in [0.2, 0.25) is 5.91 Å². The lowest BCUT2D eigenvalue weighted by Gasteiger charge is -2.13. The molecule has 162 valence electrons. The van der Waals surface area contributed by atoms with E-state index in [1.54, 1.807) is 0 Å². The minimum atomic E-state index is -0.123. The first-order valence-electron chi connectivity index (χ1n) is 10.8. The van der Waals surface area contributed by atoms with Crippen molar-refractivity contribution in [1.29, 1.82) is 0 Å². The first kappa shape index (κ1) is 20.5. The van der Waals surface area contributed by atoms with Crippen molar-refractivity contribution in [3.8, 4) is 16.9 Å². The van der Waals surface area contributed by atoms with Gasteiger partial charge in [-0.15, -0.1) is 0 Å². The van der Waals surface area contributed by atoms with Gasteiger partial charge in [-0.3, -0.25) is 4.79 Å². The summed E-state index contributed by atoms with van der Waals surface area (Å²) in [5.74, 6) is 1.34. The zero-order chi connectivity index (χ0) is 22.5. The lowest BCUT2D eigenvalue weighted by atomic mass is 10.0. The van der Waals surface area contributed by atoms with Crippen molar-refractivity contribution in [2.24, 2.45) is 0 Å². The molecule has 1 N–H and O–H groups in total. The number of hydrogen-bond donors (Lipinski definition) is 1. The van der Waals surface area contributed by atoms with Crippen molar-refractivity contribution in [3.05, 3.63) is 115 Å². The summed E-state index contributed by atoms with van der Waals surface area (Å²) in [4.78, 5) is 17.8. The Labute approximate surface area is 192 Å². The highest BCUT2D eigenvalue weighted by atomic mass is 16.5. The Hall–Kier alpha value is -4.38. The SMILES string of the molecule is O=C(Cn1c(COc2ccccc2)nc2ccccc21)Nc1ccccc1-c1ccccc1. The van der Waals surface area contributed by atoms with Crippen LogP contribution in [0.2, 0.25) is 0 Å². The third kappa shape index (κ3) is 4.62. The van der Waals surface area contributed by atoms with Crippen molar-refractivity contribution in [1.82, 2.24) is 9.55 Å². The van der Waals surface area contributed by atoms with Crippen molar-refractivity contribution in [3.63, 3.8) is 0 Å². The summed E-state index contributed by atoms with van der Waals surface area (Å²) >= 11 is 0. The summed E-state index contributed by atoms with van der Waals surface area (Å²) < 4.78 is 7.84. The molecule has 1 heterocycles. The van der Waals surface area contributed by atoms with Gasteiger partial charge in [-0.2, -0.15) is 0 Å². The summed E-state index contributed by atoms with van der Waals surface area (Å²) in [6.07, 6.45) is 0. The molecule has 0 unspecified atom stereocenters. The molecule has 4 aromatic carbocycles. The van der Waals surface area contributed by atoms with Crippen molar-refractivity contribution in [2.75, 3.05) is 5.32 Å². The number of ether oxygens (including phenoxy) is 1. The predicted molar refractivity (Wildman–Crippen MR) is 131 cm³/mol. The fourth-order valence-electron chi connectivity index (χ4n) is 3.87. The molecule has 33 heavy (non-hydrogen) atoms. The molecule has 0 bridgehead atoms. The molecule has 0 aliphatic heterocycles. The van der Waals surface area contributed by atoms with Crippen LogP contribution in [-0.4, -0.2) is 15.5 Å². The lowest BCUT2D eigenvalue weighted by Crippen LogP contribution is -2.21. The standard InChI is InChI=1S/C28H23N3O2/c32-28(30-24-16-8-7-15-23(24)21-11-3-1-4-12-21)19-31-26-18-10-9-17-25(26)29-27(31)20-33-22-13-5-2-6-14-22/h1-18H,19-20H2,(H,30,32). The second kappa shape index (κ2) is 9.40. The maximum Gasteiger partial charge on any atom is 0.244 e. The average molecular weight is 434 g/mol. The van der Waals surface area contributed by atoms with Gasteiger partial charge in [0.1, 0.15) is 24.7 Å². The van der Waals surface area contributed by atoms with Gasteiger partial charge in [-0.05, 0) is 35.9 Å². The number of hydrogen-bond acceptors (Lipinski definition) is 3. The summed E-state index contributed by atoms with van der Waals surface area (Å²) in [6.45, 7) is 0.406. The third-order valence-corrected chi connectivity index (χ3v) is 5.43. The molecule has 0 atom stereocenters. The highest BCUT2D eigenvalue weighted by molar-refractivity contribution is 5.96. The Kier molecular flexibility index (Phi) is 5.85. The summed E-state index contributed by atoms with van der Waals surface area (Å²) in [5, 5.41) is 3.08. The minimum Gasteiger partial charge on any atom is -0.486 e. The molecule has 5 nitrogen and oxygen atoms in total. The van der Waals surface area contributed by atoms with Gasteiger partial charge in [-0.25, -0.2) is 4.98 Å². The fourth-order valence-corrected chi connectivity index (χ4v) is 3.87. The number of rotatable bonds is 7. The van der Waals surface area contributed by atoms with Crippen LogP contribution >= 0.6 is 0 Å². The number of anilines is 1. The number of nitrogens with one attached hydrogen (secondary N) is 1. The quantitative estimate of drug-likeness (QED) is 0.347. The zero-order valence-corrected chi connectivity index (χ0v) is 18.0. The third-order valence-electron chi connectivity index (χ3n) is 5.43. The molecule has 5 aromatic rings. The molecular weight excluding hydrogens is 410 g/mol. The van der Waals surface area contributed by atoms with E-state index in [2.05, 4.69) is 5.32 Å². The van der Waals surface area contributed by atoms with Crippen LogP contribution in [0.4, 0.5) is 5.69 Å². The second-order valence-corrected chi connectivity index (χ2v) is 7.66. The van der Waals surface area contributed by atoms with Crippen LogP contribution in [0.25, 0.3) is 22.2 Å². The van der Waals surface area contributed by atoms with Gasteiger partial charge >= 0.3 is 0 Å². The van der Waals surface area contributed by atoms with E-state index < -0.39 is 0 Å². The number of nitrogens with zero attached hydrogens (tertiary/aromatic N) is 2. The van der Waals surface area contributed by atoms with Crippen LogP contribution in [0.1, 0.15) is 5.82 Å². The Morgan fingerprint density at radius 1 is 0.788 bits per heavy atom. The van der Waals surface area contributed by atoms with E-state index in [1.165, 1.54) is 0 Å². The number of benzene rings is 4. The Morgan fingerprint density at radius 2 is 1.45 bits per heavy atom. The summed E-state index contributed by atoms with van der Waals surface area (Å²) in [5.41, 5.74) is 4.55. The van der Waals surface area contributed by atoms with Crippen LogP contribution in [0.5, 0.6) is 5.75 Å². The average Bonchev–Trinajstić information content (AvgIpc) is 3.21. The smallest absolute Gasteiger partial charge is 0.244 e. The first-order valence-corrected chi connectivity index (χ1v) is 10.8. The van der Waals surface area contributed by atoms with Gasteiger partial charge in [0, 0.05) is 11.3 Å². The maximum absolute atomic E-state index is 13.1. The normalized spacial score (nSPS) is 10.8. The molecule has 0 aliphatic carbocycles. The van der Waals surface area contributed by atoms with E-state index >= 15 is 0 Å². The van der Waals surface area contributed by atoms with Crippen LogP contribution in [0, 0.1) is 0 Å². The van der Waals surface area contributed by atoms with Gasteiger partial charge in [0.05, 0.1) is 11.0 Å². The number of amides is 1. The second-order valence-electron chi connectivity index (χ2n) is 7.66. The van der Waals surface area contributed by atoms with Crippen LogP contribution in [0.15, 0.2) is 109 Å². The van der Waals surface area contributed by atoms with Crippen molar-refractivity contribution >= 4 is 22.6 Å². The van der Waals surface area contributed by atoms with E-state index in [4.69, 9.17) is 9.72 Å². The molecule has 0 saturated carbocycles. The summed E-state index contributed by atoms with van der Waals surface area (Å²) in [7, 11) is 0. The van der Waals surface area contributed by atoms with E-state index in [1.807, 2.05) is 114 Å². The number of fused-ring (bicyclic) bond motifs is 1. The van der Waals surface area contributed by atoms with Crippen molar-refractivity contribution < 1.29 is 9.53 Å². The molecule has 0 spiro atoms. The maximum atomic E-state index is 13.1. The van der Waals surface area contributed by atoms with E-state index in [9.17, 15) is 4.79 Å². The molecule has 0 radical (unpaired) electrons. The zero-order valence-electron chi connectivity index (χ0n) is 18.0. The molecule has 5 rings (SSSR count). The van der Waals surface area contributed by atoms with Gasteiger partial charge < -0.3 is 14.6 Å². The van der Waals surface area contributed by atoms with Gasteiger partial charge in [0.25, 0.3) is 0 Å². The molecule has 0 saturated heterocycles. The Bertz CT molecular complexity index is 1380. The number of aromatic nitrogens is 2. The molecular formula is C28H23N3O2. The van der Waals surface area contributed by atoms with Gasteiger partial charge in [0.15, 0.2) is 0 Å². The number of para-hydroxylation sites is 4. The van der Waals surface area contributed by atoms with Gasteiger partial charge in [-0.1, -0.05) is 78.9 Å². The Balaban J connectivity index is 1.40. The molecule has 1 aromatic heterocycles. The van der Waals surface area contributed by atoms with Crippen LogP contribution in [-0.2, 0) is 17.9 Å². The topological polar surface area (TPSA) is 56.2 Å². The summed E-state index contributed by atoms with van der Waals surface area (Å²) in [6, 6.07) is 35.3.